The molecule has 3 N–H and O–H groups in total. The minimum atomic E-state index is -0.514. The standard InChI is InChI=1S/C31H24N6O3S/c32-18-20-28(26-14-7-17-41-26)29-24(38)12-6-13-25(29)40-30(20)33-22-10-4-5-11-23(22)34-31(39)35-27-16-15-21(36-37-27)19-8-2-1-3-9-19/h1-5,7-11,14-17,28,33H,6,12-13H2,(H2,34,35,37,39). The molecule has 1 atom stereocenters. The number of hydrogen-bond donors (Lipinski definition) is 3. The summed E-state index contributed by atoms with van der Waals surface area (Å²) in [6, 6.07) is 25.8. The van der Waals surface area contributed by atoms with Crippen LogP contribution in [0.5, 0.6) is 0 Å². The molecule has 2 amide bonds. The number of ketones is 1. The molecular weight excluding hydrogens is 536 g/mol. The smallest absolute Gasteiger partial charge is 0.324 e. The zero-order valence-corrected chi connectivity index (χ0v) is 22.6. The van der Waals surface area contributed by atoms with E-state index in [1.54, 1.807) is 36.4 Å². The number of urea groups is 1. The fourth-order valence-corrected chi connectivity index (χ4v) is 5.76. The largest absolute Gasteiger partial charge is 0.444 e. The second-order valence-electron chi connectivity index (χ2n) is 9.44. The van der Waals surface area contributed by atoms with Crippen molar-refractivity contribution >= 4 is 40.3 Å². The predicted molar refractivity (Wildman–Crippen MR) is 157 cm³/mol. The molecule has 10 heteroatoms. The van der Waals surface area contributed by atoms with Gasteiger partial charge < -0.3 is 15.4 Å². The minimum absolute atomic E-state index is 0.00934. The van der Waals surface area contributed by atoms with Gasteiger partial charge in [0.1, 0.15) is 17.4 Å². The van der Waals surface area contributed by atoms with Crippen molar-refractivity contribution in [2.75, 3.05) is 16.0 Å². The monoisotopic (exact) mass is 560 g/mol. The van der Waals surface area contributed by atoms with E-state index in [4.69, 9.17) is 4.74 Å². The molecule has 4 aromatic rings. The molecule has 3 heterocycles. The van der Waals surface area contributed by atoms with E-state index in [0.717, 1.165) is 10.4 Å². The Bertz CT molecular complexity index is 1710. The fourth-order valence-electron chi connectivity index (χ4n) is 4.92. The lowest BCUT2D eigenvalue weighted by molar-refractivity contribution is -0.116. The summed E-state index contributed by atoms with van der Waals surface area (Å²) in [6.45, 7) is 0. The number of allylic oxidation sites excluding steroid dienone is 3. The van der Waals surface area contributed by atoms with Crippen LogP contribution in [-0.4, -0.2) is 22.0 Å². The van der Waals surface area contributed by atoms with Gasteiger partial charge in [0.15, 0.2) is 11.6 Å². The number of carbonyl (C=O) groups excluding carboxylic acids is 2. The molecule has 0 spiro atoms. The third-order valence-corrected chi connectivity index (χ3v) is 7.74. The minimum Gasteiger partial charge on any atom is -0.444 e. The number of aromatic nitrogens is 2. The Kier molecular flexibility index (Phi) is 7.26. The van der Waals surface area contributed by atoms with Crippen LogP contribution in [0.25, 0.3) is 11.3 Å². The lowest BCUT2D eigenvalue weighted by atomic mass is 9.80. The fraction of sp³-hybridized carbons (Fsp3) is 0.129. The van der Waals surface area contributed by atoms with Gasteiger partial charge in [0, 0.05) is 28.9 Å². The SMILES string of the molecule is N#CC1=C(Nc2ccccc2NC(=O)Nc2ccc(-c3ccccc3)nn2)OC2=C(C(=O)CCC2)C1c1cccs1. The first-order valence-electron chi connectivity index (χ1n) is 13.1. The van der Waals surface area contributed by atoms with Crippen molar-refractivity contribution < 1.29 is 14.3 Å². The molecule has 2 aliphatic rings. The maximum absolute atomic E-state index is 12.9. The molecule has 2 aromatic carbocycles. The van der Waals surface area contributed by atoms with Gasteiger partial charge in [-0.3, -0.25) is 10.1 Å². The van der Waals surface area contributed by atoms with Crippen LogP contribution < -0.4 is 16.0 Å². The number of ether oxygens (including phenoxy) is 1. The second-order valence-corrected chi connectivity index (χ2v) is 10.4. The molecule has 0 bridgehead atoms. The number of nitriles is 1. The molecule has 2 aromatic heterocycles. The molecule has 6 rings (SSSR count). The second kappa shape index (κ2) is 11.5. The van der Waals surface area contributed by atoms with Gasteiger partial charge in [0.2, 0.25) is 5.88 Å². The molecule has 0 fully saturated rings. The van der Waals surface area contributed by atoms with Crippen LogP contribution in [0.2, 0.25) is 0 Å². The highest BCUT2D eigenvalue weighted by Gasteiger charge is 2.39. The van der Waals surface area contributed by atoms with Crippen LogP contribution in [-0.2, 0) is 9.53 Å². The molecule has 1 aliphatic carbocycles. The van der Waals surface area contributed by atoms with Crippen LogP contribution in [0.4, 0.5) is 22.0 Å². The average molecular weight is 561 g/mol. The van der Waals surface area contributed by atoms with Crippen LogP contribution >= 0.6 is 11.3 Å². The van der Waals surface area contributed by atoms with E-state index >= 15 is 0 Å². The molecule has 9 nitrogen and oxygen atoms in total. The summed E-state index contributed by atoms with van der Waals surface area (Å²) in [5.41, 5.74) is 3.47. The number of thiophene rings is 1. The number of benzene rings is 2. The maximum Gasteiger partial charge on any atom is 0.324 e. The van der Waals surface area contributed by atoms with E-state index < -0.39 is 11.9 Å². The molecule has 1 aliphatic heterocycles. The van der Waals surface area contributed by atoms with Gasteiger partial charge in [0.25, 0.3) is 0 Å². The first-order valence-corrected chi connectivity index (χ1v) is 13.9. The summed E-state index contributed by atoms with van der Waals surface area (Å²) in [4.78, 5) is 26.7. The van der Waals surface area contributed by atoms with Crippen molar-refractivity contribution in [3.8, 4) is 17.3 Å². The van der Waals surface area contributed by atoms with Crippen molar-refractivity contribution in [3.63, 3.8) is 0 Å². The Morgan fingerprint density at radius 3 is 2.46 bits per heavy atom. The highest BCUT2D eigenvalue weighted by atomic mass is 32.1. The van der Waals surface area contributed by atoms with Crippen LogP contribution in [0.1, 0.15) is 30.1 Å². The normalized spacial score (nSPS) is 16.4. The van der Waals surface area contributed by atoms with Gasteiger partial charge in [-0.1, -0.05) is 48.5 Å². The van der Waals surface area contributed by atoms with E-state index in [2.05, 4.69) is 32.2 Å². The quantitative estimate of drug-likeness (QED) is 0.236. The Hall–Kier alpha value is -5.27. The van der Waals surface area contributed by atoms with Crippen molar-refractivity contribution in [1.29, 1.82) is 5.26 Å². The van der Waals surface area contributed by atoms with Gasteiger partial charge >= 0.3 is 6.03 Å². The number of carbonyl (C=O) groups is 2. The lowest BCUT2D eigenvalue weighted by Crippen LogP contribution is -2.27. The zero-order chi connectivity index (χ0) is 28.2. The zero-order valence-electron chi connectivity index (χ0n) is 21.8. The van der Waals surface area contributed by atoms with Crippen LogP contribution in [0.15, 0.2) is 107 Å². The summed E-state index contributed by atoms with van der Waals surface area (Å²) in [5.74, 6) is 0.631. The first-order chi connectivity index (χ1) is 20.1. The summed E-state index contributed by atoms with van der Waals surface area (Å²) < 4.78 is 6.16. The van der Waals surface area contributed by atoms with Crippen molar-refractivity contribution in [3.05, 3.63) is 112 Å². The molecule has 0 saturated heterocycles. The maximum atomic E-state index is 12.9. The number of rotatable bonds is 6. The number of Topliss-reactive ketones (excluding diaryl/α,β-unsaturated/α-hetero) is 1. The van der Waals surface area contributed by atoms with Crippen molar-refractivity contribution in [2.45, 2.75) is 25.2 Å². The molecule has 202 valence electrons. The van der Waals surface area contributed by atoms with Crippen LogP contribution in [0, 0.1) is 11.3 Å². The number of nitrogens with zero attached hydrogens (tertiary/aromatic N) is 3. The molecule has 0 saturated carbocycles. The Morgan fingerprint density at radius 1 is 0.927 bits per heavy atom. The molecular formula is C31H24N6O3S. The van der Waals surface area contributed by atoms with Gasteiger partial charge in [-0.2, -0.15) is 5.26 Å². The summed E-state index contributed by atoms with van der Waals surface area (Å²) in [5, 5.41) is 29.2. The first kappa shape index (κ1) is 26.0. The van der Waals surface area contributed by atoms with Crippen molar-refractivity contribution in [2.24, 2.45) is 0 Å². The lowest BCUT2D eigenvalue weighted by Gasteiger charge is -2.32. The number of amides is 2. The summed E-state index contributed by atoms with van der Waals surface area (Å²) in [7, 11) is 0. The Balaban J connectivity index is 1.22. The number of nitrogens with one attached hydrogen (secondary N) is 3. The van der Waals surface area contributed by atoms with E-state index in [1.165, 1.54) is 11.3 Å². The van der Waals surface area contributed by atoms with E-state index in [1.807, 2.05) is 47.8 Å². The third-order valence-electron chi connectivity index (χ3n) is 6.80. The van der Waals surface area contributed by atoms with Gasteiger partial charge in [-0.15, -0.1) is 21.5 Å². The summed E-state index contributed by atoms with van der Waals surface area (Å²) >= 11 is 1.50. The molecule has 1 unspecified atom stereocenters. The van der Waals surface area contributed by atoms with E-state index in [9.17, 15) is 14.9 Å². The van der Waals surface area contributed by atoms with Crippen LogP contribution in [0.3, 0.4) is 0 Å². The molecule has 0 radical (unpaired) electrons. The van der Waals surface area contributed by atoms with Crippen molar-refractivity contribution in [1.82, 2.24) is 10.2 Å². The molecule has 41 heavy (non-hydrogen) atoms. The average Bonchev–Trinajstić information content (AvgIpc) is 3.53. The number of para-hydroxylation sites is 2. The number of hydrogen-bond acceptors (Lipinski definition) is 8. The number of anilines is 3. The topological polar surface area (TPSA) is 129 Å². The Labute approximate surface area is 240 Å². The van der Waals surface area contributed by atoms with Gasteiger partial charge in [-0.05, 0) is 42.1 Å². The van der Waals surface area contributed by atoms with Gasteiger partial charge in [0.05, 0.1) is 23.0 Å². The van der Waals surface area contributed by atoms with E-state index in [0.29, 0.717) is 53.2 Å². The highest BCUT2D eigenvalue weighted by Crippen LogP contribution is 2.46. The highest BCUT2D eigenvalue weighted by molar-refractivity contribution is 7.10. The Morgan fingerprint density at radius 2 is 1.73 bits per heavy atom. The predicted octanol–water partition coefficient (Wildman–Crippen LogP) is 6.82. The van der Waals surface area contributed by atoms with Gasteiger partial charge in [-0.25, -0.2) is 4.79 Å². The van der Waals surface area contributed by atoms with E-state index in [-0.39, 0.29) is 17.5 Å². The third kappa shape index (κ3) is 5.44. The summed E-state index contributed by atoms with van der Waals surface area (Å²) in [6.07, 6.45) is 1.74.